The van der Waals surface area contributed by atoms with E-state index in [2.05, 4.69) is 13.8 Å². The summed E-state index contributed by atoms with van der Waals surface area (Å²) in [5.41, 5.74) is 0. The molecule has 0 heteroatoms. The standard InChI is InChI=1S/C25H48/c1-3-5-7-8-10-12-23-15-19-25(20-16-23)21-24-17-13-22(14-18-24)11-9-6-4-2/h22-25H,3-21H2,1-2H3/t22-,23-,24-,25-. The van der Waals surface area contributed by atoms with Gasteiger partial charge < -0.3 is 0 Å². The van der Waals surface area contributed by atoms with E-state index in [1.165, 1.54) is 57.8 Å². The molecule has 0 aromatic rings. The highest BCUT2D eigenvalue weighted by molar-refractivity contribution is 4.79. The molecule has 0 amide bonds. The second kappa shape index (κ2) is 13.2. The first kappa shape index (κ1) is 21.3. The van der Waals surface area contributed by atoms with Crippen LogP contribution in [-0.2, 0) is 0 Å². The van der Waals surface area contributed by atoms with Gasteiger partial charge in [0.1, 0.15) is 0 Å². The van der Waals surface area contributed by atoms with Crippen molar-refractivity contribution in [3.63, 3.8) is 0 Å². The first-order valence-electron chi connectivity index (χ1n) is 12.3. The lowest BCUT2D eigenvalue weighted by molar-refractivity contribution is 0.183. The van der Waals surface area contributed by atoms with Gasteiger partial charge in [-0.05, 0) is 30.1 Å². The van der Waals surface area contributed by atoms with Crippen LogP contribution in [-0.4, -0.2) is 0 Å². The molecule has 2 aliphatic carbocycles. The number of hydrogen-bond donors (Lipinski definition) is 0. The predicted octanol–water partition coefficient (Wildman–Crippen LogP) is 8.93. The highest BCUT2D eigenvalue weighted by atomic mass is 14.3. The van der Waals surface area contributed by atoms with Gasteiger partial charge in [0.05, 0.1) is 0 Å². The molecule has 2 rings (SSSR count). The Kier molecular flexibility index (Phi) is 11.3. The fourth-order valence-electron chi connectivity index (χ4n) is 5.70. The van der Waals surface area contributed by atoms with Gasteiger partial charge in [-0.1, -0.05) is 129 Å². The van der Waals surface area contributed by atoms with Crippen LogP contribution >= 0.6 is 0 Å². The van der Waals surface area contributed by atoms with Gasteiger partial charge in [-0.25, -0.2) is 0 Å². The van der Waals surface area contributed by atoms with Crippen molar-refractivity contribution in [1.29, 1.82) is 0 Å². The molecule has 2 aliphatic rings. The van der Waals surface area contributed by atoms with Gasteiger partial charge in [0.2, 0.25) is 0 Å². The van der Waals surface area contributed by atoms with Crippen molar-refractivity contribution < 1.29 is 0 Å². The highest BCUT2D eigenvalue weighted by Crippen LogP contribution is 2.40. The first-order valence-corrected chi connectivity index (χ1v) is 12.3. The molecule has 0 bridgehead atoms. The van der Waals surface area contributed by atoms with E-state index in [1.807, 2.05) is 0 Å². The van der Waals surface area contributed by atoms with Gasteiger partial charge in [0, 0.05) is 0 Å². The van der Waals surface area contributed by atoms with Gasteiger partial charge in [-0.15, -0.1) is 0 Å². The topological polar surface area (TPSA) is 0 Å². The maximum Gasteiger partial charge on any atom is -0.0411 e. The Morgan fingerprint density at radius 3 is 1.28 bits per heavy atom. The van der Waals surface area contributed by atoms with Crippen LogP contribution in [0.15, 0.2) is 0 Å². The van der Waals surface area contributed by atoms with Gasteiger partial charge >= 0.3 is 0 Å². The molecule has 2 fully saturated rings. The fourth-order valence-corrected chi connectivity index (χ4v) is 5.70. The number of rotatable bonds is 12. The van der Waals surface area contributed by atoms with Gasteiger partial charge in [0.25, 0.3) is 0 Å². The van der Waals surface area contributed by atoms with Crippen LogP contribution in [0.25, 0.3) is 0 Å². The molecule has 25 heavy (non-hydrogen) atoms. The molecule has 148 valence electrons. The van der Waals surface area contributed by atoms with Crippen LogP contribution < -0.4 is 0 Å². The maximum atomic E-state index is 2.33. The normalized spacial score (nSPS) is 30.5. The lowest BCUT2D eigenvalue weighted by Crippen LogP contribution is -2.21. The summed E-state index contributed by atoms with van der Waals surface area (Å²) < 4.78 is 0. The lowest BCUT2D eigenvalue weighted by Gasteiger charge is -2.34. The Balaban J connectivity index is 1.49. The molecule has 0 aromatic heterocycles. The summed E-state index contributed by atoms with van der Waals surface area (Å²) >= 11 is 0. The van der Waals surface area contributed by atoms with Gasteiger partial charge in [0.15, 0.2) is 0 Å². The molecular formula is C25H48. The second-order valence-electron chi connectivity index (χ2n) is 9.71. The minimum Gasteiger partial charge on any atom is -0.0654 e. The van der Waals surface area contributed by atoms with E-state index in [0.717, 1.165) is 23.7 Å². The summed E-state index contributed by atoms with van der Waals surface area (Å²) in [4.78, 5) is 0. The van der Waals surface area contributed by atoms with Crippen LogP contribution in [0.2, 0.25) is 0 Å². The van der Waals surface area contributed by atoms with E-state index in [4.69, 9.17) is 0 Å². The molecular weight excluding hydrogens is 300 g/mol. The van der Waals surface area contributed by atoms with Crippen LogP contribution in [0.3, 0.4) is 0 Å². The minimum atomic E-state index is 1.09. The van der Waals surface area contributed by atoms with Crippen molar-refractivity contribution >= 4 is 0 Å². The largest absolute Gasteiger partial charge is 0.0654 e. The zero-order valence-corrected chi connectivity index (χ0v) is 17.7. The monoisotopic (exact) mass is 348 g/mol. The average molecular weight is 349 g/mol. The Hall–Kier alpha value is 0. The van der Waals surface area contributed by atoms with Crippen molar-refractivity contribution in [2.75, 3.05) is 0 Å². The lowest BCUT2D eigenvalue weighted by atomic mass is 9.72. The fraction of sp³-hybridized carbons (Fsp3) is 1.00. The van der Waals surface area contributed by atoms with E-state index in [0.29, 0.717) is 0 Å². The highest BCUT2D eigenvalue weighted by Gasteiger charge is 2.26. The summed E-state index contributed by atoms with van der Waals surface area (Å²) in [5, 5.41) is 0. The molecule has 0 aliphatic heterocycles. The first-order chi connectivity index (χ1) is 12.3. The summed E-state index contributed by atoms with van der Waals surface area (Å²) in [5.74, 6) is 4.37. The molecule has 0 radical (unpaired) electrons. The van der Waals surface area contributed by atoms with Crippen molar-refractivity contribution in [1.82, 2.24) is 0 Å². The van der Waals surface area contributed by atoms with Crippen LogP contribution in [0.5, 0.6) is 0 Å². The Labute approximate surface area is 159 Å². The molecule has 0 saturated heterocycles. The van der Waals surface area contributed by atoms with Crippen molar-refractivity contribution in [2.24, 2.45) is 23.7 Å². The third-order valence-corrected chi connectivity index (χ3v) is 7.53. The summed E-state index contributed by atoms with van der Waals surface area (Å²) in [7, 11) is 0. The van der Waals surface area contributed by atoms with E-state index in [-0.39, 0.29) is 0 Å². The SMILES string of the molecule is CCCCCCC[C@H]1CC[C@H](C[C@H]2CC[C@H](CCCCC)CC2)CC1. The Bertz CT molecular complexity index is 291. The maximum absolute atomic E-state index is 2.33. The summed E-state index contributed by atoms with van der Waals surface area (Å²) in [6, 6.07) is 0. The van der Waals surface area contributed by atoms with Gasteiger partial charge in [-0.2, -0.15) is 0 Å². The molecule has 0 unspecified atom stereocenters. The smallest absolute Gasteiger partial charge is 0.0411 e. The Morgan fingerprint density at radius 2 is 0.800 bits per heavy atom. The molecule has 2 saturated carbocycles. The van der Waals surface area contributed by atoms with Crippen LogP contribution in [0, 0.1) is 23.7 Å². The van der Waals surface area contributed by atoms with E-state index in [9.17, 15) is 0 Å². The Morgan fingerprint density at radius 1 is 0.440 bits per heavy atom. The summed E-state index contributed by atoms with van der Waals surface area (Å²) in [6.07, 6.45) is 28.8. The third-order valence-electron chi connectivity index (χ3n) is 7.53. The van der Waals surface area contributed by atoms with Crippen molar-refractivity contribution in [3.05, 3.63) is 0 Å². The van der Waals surface area contributed by atoms with E-state index >= 15 is 0 Å². The molecule has 0 spiro atoms. The molecule has 0 N–H and O–H groups in total. The molecule has 0 nitrogen and oxygen atoms in total. The minimum absolute atomic E-state index is 1.09. The average Bonchev–Trinajstić information content (AvgIpc) is 2.64. The summed E-state index contributed by atoms with van der Waals surface area (Å²) in [6.45, 7) is 4.65. The molecule has 0 aromatic carbocycles. The predicted molar refractivity (Wildman–Crippen MR) is 113 cm³/mol. The molecule has 0 heterocycles. The van der Waals surface area contributed by atoms with Crippen LogP contribution in [0.4, 0.5) is 0 Å². The number of hydrogen-bond acceptors (Lipinski definition) is 0. The van der Waals surface area contributed by atoms with E-state index in [1.54, 1.807) is 64.2 Å². The zero-order chi connectivity index (χ0) is 17.7. The second-order valence-corrected chi connectivity index (χ2v) is 9.71. The third kappa shape index (κ3) is 8.96. The van der Waals surface area contributed by atoms with E-state index < -0.39 is 0 Å². The van der Waals surface area contributed by atoms with Crippen LogP contribution in [0.1, 0.15) is 136 Å². The van der Waals surface area contributed by atoms with Crippen molar-refractivity contribution in [3.8, 4) is 0 Å². The van der Waals surface area contributed by atoms with Gasteiger partial charge in [-0.3, -0.25) is 0 Å². The zero-order valence-electron chi connectivity index (χ0n) is 17.7. The quantitative estimate of drug-likeness (QED) is 0.309. The number of unbranched alkanes of at least 4 members (excludes halogenated alkanes) is 6. The van der Waals surface area contributed by atoms with Crippen molar-refractivity contribution in [2.45, 2.75) is 136 Å². The molecule has 0 atom stereocenters.